The summed E-state index contributed by atoms with van der Waals surface area (Å²) in [7, 11) is 0. The number of hydrogen-bond acceptors (Lipinski definition) is 6. The molecule has 2 aromatic heterocycles. The molecule has 47 heavy (non-hydrogen) atoms. The summed E-state index contributed by atoms with van der Waals surface area (Å²) in [5, 5.41) is 13.9. The fourth-order valence-electron chi connectivity index (χ4n) is 5.57. The first-order valence-corrected chi connectivity index (χ1v) is 15.5. The van der Waals surface area contributed by atoms with Crippen LogP contribution in [-0.4, -0.2) is 52.5 Å². The number of piperidine rings is 1. The van der Waals surface area contributed by atoms with Crippen molar-refractivity contribution in [2.75, 3.05) is 30.3 Å². The lowest BCUT2D eigenvalue weighted by molar-refractivity contribution is -0.154. The van der Waals surface area contributed by atoms with Crippen molar-refractivity contribution < 1.29 is 27.5 Å². The molecule has 12 heteroatoms. The Morgan fingerprint density at radius 2 is 1.72 bits per heavy atom. The first kappa shape index (κ1) is 33.6. The van der Waals surface area contributed by atoms with Crippen LogP contribution in [0.25, 0.3) is 5.69 Å². The van der Waals surface area contributed by atoms with Crippen LogP contribution in [0.15, 0.2) is 72.9 Å². The third-order valence-corrected chi connectivity index (χ3v) is 8.04. The normalized spacial score (nSPS) is 14.8. The zero-order valence-corrected chi connectivity index (χ0v) is 26.8. The number of aromatic nitrogens is 3. The van der Waals surface area contributed by atoms with Gasteiger partial charge in [0.25, 0.3) is 0 Å². The van der Waals surface area contributed by atoms with Gasteiger partial charge in [0, 0.05) is 35.0 Å². The van der Waals surface area contributed by atoms with Gasteiger partial charge in [-0.1, -0.05) is 50.6 Å². The van der Waals surface area contributed by atoms with Crippen molar-refractivity contribution in [3.05, 3.63) is 95.3 Å². The van der Waals surface area contributed by atoms with Crippen LogP contribution < -0.4 is 20.7 Å². The number of urea groups is 1. The van der Waals surface area contributed by atoms with Crippen molar-refractivity contribution in [1.29, 1.82) is 0 Å². The molecule has 2 aromatic carbocycles. The van der Waals surface area contributed by atoms with Gasteiger partial charge in [-0.05, 0) is 74.7 Å². The predicted octanol–water partition coefficient (Wildman–Crippen LogP) is 7.42. The zero-order chi connectivity index (χ0) is 33.8. The van der Waals surface area contributed by atoms with E-state index in [-0.39, 0.29) is 28.6 Å². The number of ether oxygens (including phenoxy) is 1. The first-order chi connectivity index (χ1) is 22.3. The van der Waals surface area contributed by atoms with Gasteiger partial charge < -0.3 is 15.4 Å². The molecule has 1 unspecified atom stereocenters. The molecule has 1 atom stereocenters. The number of halogens is 3. The molecule has 1 fully saturated rings. The van der Waals surface area contributed by atoms with E-state index in [0.717, 1.165) is 48.4 Å². The molecule has 9 nitrogen and oxygen atoms in total. The van der Waals surface area contributed by atoms with Crippen molar-refractivity contribution in [3.63, 3.8) is 0 Å². The van der Waals surface area contributed by atoms with E-state index in [1.54, 1.807) is 22.9 Å². The maximum atomic E-state index is 13.9. The highest BCUT2D eigenvalue weighted by Gasteiger charge is 2.33. The fraction of sp³-hybridized carbons (Fsp3) is 0.371. The molecule has 0 saturated carbocycles. The Labute approximate surface area is 271 Å². The number of carbonyl (C=O) groups is 2. The van der Waals surface area contributed by atoms with Crippen LogP contribution in [0.4, 0.5) is 29.5 Å². The molecular weight excluding hydrogens is 609 g/mol. The molecule has 0 radical (unpaired) electrons. The second-order valence-electron chi connectivity index (χ2n) is 12.8. The molecule has 248 valence electrons. The monoisotopic (exact) mass is 648 g/mol. The minimum atomic E-state index is -4.50. The smallest absolute Gasteiger partial charge is 0.422 e. The second-order valence-corrected chi connectivity index (χ2v) is 12.8. The highest BCUT2D eigenvalue weighted by molar-refractivity contribution is 6.02. The van der Waals surface area contributed by atoms with Gasteiger partial charge in [0.1, 0.15) is 5.82 Å². The predicted molar refractivity (Wildman–Crippen MR) is 175 cm³/mol. The van der Waals surface area contributed by atoms with Crippen molar-refractivity contribution >= 4 is 23.3 Å². The Morgan fingerprint density at radius 3 is 2.36 bits per heavy atom. The average molecular weight is 649 g/mol. The molecule has 4 aromatic rings. The summed E-state index contributed by atoms with van der Waals surface area (Å²) >= 11 is 0. The largest absolute Gasteiger partial charge is 0.468 e. The molecule has 1 aliphatic rings. The molecule has 3 heterocycles. The molecule has 0 aliphatic carbocycles. The Kier molecular flexibility index (Phi) is 9.99. The summed E-state index contributed by atoms with van der Waals surface area (Å²) in [6.07, 6.45) is -1.73. The number of benzene rings is 2. The number of nitrogens with one attached hydrogen (secondary N) is 3. The van der Waals surface area contributed by atoms with Gasteiger partial charge in [-0.3, -0.25) is 10.1 Å². The number of rotatable bonds is 9. The van der Waals surface area contributed by atoms with Gasteiger partial charge in [0.2, 0.25) is 5.88 Å². The standard InChI is InChI=1S/C35H39F3N6O3/c1-22-8-11-27(12-9-22)44-29(19-28(43-44)34(2,3)4)42-33(46)41-26-7-5-6-24(18-26)31(23-14-16-39-17-15-23)32(45)25-10-13-30(40-20-25)47-21-35(36,37)38/h5-13,18-20,23,31,39H,14-17,21H2,1-4H3,(H2,41,42,46). The van der Waals surface area contributed by atoms with Gasteiger partial charge in [-0.15, -0.1) is 0 Å². The number of carbonyl (C=O) groups excluding carboxylic acids is 2. The van der Waals surface area contributed by atoms with Gasteiger partial charge >= 0.3 is 12.2 Å². The fourth-order valence-corrected chi connectivity index (χ4v) is 5.57. The summed E-state index contributed by atoms with van der Waals surface area (Å²) in [6, 6.07) is 19.1. The van der Waals surface area contributed by atoms with Crippen LogP contribution in [0.5, 0.6) is 5.88 Å². The number of aryl methyl sites for hydroxylation is 1. The Morgan fingerprint density at radius 1 is 1.00 bits per heavy atom. The number of anilines is 2. The van der Waals surface area contributed by atoms with E-state index in [0.29, 0.717) is 11.5 Å². The number of amides is 2. The van der Waals surface area contributed by atoms with E-state index in [1.165, 1.54) is 18.3 Å². The van der Waals surface area contributed by atoms with Crippen molar-refractivity contribution in [3.8, 4) is 11.6 Å². The van der Waals surface area contributed by atoms with E-state index in [2.05, 4.69) is 41.7 Å². The molecule has 3 N–H and O–H groups in total. The van der Waals surface area contributed by atoms with Crippen LogP contribution in [0.2, 0.25) is 0 Å². The zero-order valence-electron chi connectivity index (χ0n) is 26.8. The highest BCUT2D eigenvalue weighted by Crippen LogP contribution is 2.35. The lowest BCUT2D eigenvalue weighted by atomic mass is 9.76. The number of ketones is 1. The number of pyridine rings is 1. The number of nitrogens with zero attached hydrogens (tertiary/aromatic N) is 3. The Balaban J connectivity index is 1.37. The number of Topliss-reactive ketones (excluding diaryl/α,β-unsaturated/α-hetero) is 1. The van der Waals surface area contributed by atoms with Crippen molar-refractivity contribution in [2.24, 2.45) is 5.92 Å². The lowest BCUT2D eigenvalue weighted by Crippen LogP contribution is -2.33. The molecule has 5 rings (SSSR count). The highest BCUT2D eigenvalue weighted by atomic mass is 19.4. The average Bonchev–Trinajstić information content (AvgIpc) is 3.45. The van der Waals surface area contributed by atoms with E-state index in [4.69, 9.17) is 9.84 Å². The third-order valence-electron chi connectivity index (χ3n) is 8.04. The third kappa shape index (κ3) is 8.76. The van der Waals surface area contributed by atoms with Gasteiger partial charge in [-0.2, -0.15) is 18.3 Å². The van der Waals surface area contributed by atoms with E-state index in [1.807, 2.05) is 43.3 Å². The van der Waals surface area contributed by atoms with Crippen molar-refractivity contribution in [2.45, 2.75) is 58.0 Å². The summed E-state index contributed by atoms with van der Waals surface area (Å²) < 4.78 is 44.1. The summed E-state index contributed by atoms with van der Waals surface area (Å²) in [5.41, 5.74) is 3.96. The van der Waals surface area contributed by atoms with E-state index >= 15 is 0 Å². The minimum absolute atomic E-state index is 0.00802. The summed E-state index contributed by atoms with van der Waals surface area (Å²) in [6.45, 7) is 8.19. The topological polar surface area (TPSA) is 110 Å². The molecule has 1 aliphatic heterocycles. The van der Waals surface area contributed by atoms with Crippen LogP contribution in [-0.2, 0) is 5.41 Å². The minimum Gasteiger partial charge on any atom is -0.468 e. The van der Waals surface area contributed by atoms with Gasteiger partial charge in [0.05, 0.1) is 17.3 Å². The quantitative estimate of drug-likeness (QED) is 0.163. The lowest BCUT2D eigenvalue weighted by Gasteiger charge is -2.30. The Bertz CT molecular complexity index is 1690. The van der Waals surface area contributed by atoms with E-state index in [9.17, 15) is 22.8 Å². The molecular formula is C35H39F3N6O3. The maximum Gasteiger partial charge on any atom is 0.422 e. The molecule has 1 saturated heterocycles. The van der Waals surface area contributed by atoms with Gasteiger partial charge in [0.15, 0.2) is 12.4 Å². The summed E-state index contributed by atoms with van der Waals surface area (Å²) in [4.78, 5) is 31.2. The number of alkyl halides is 3. The van der Waals surface area contributed by atoms with E-state index < -0.39 is 24.7 Å². The molecule has 0 spiro atoms. The number of hydrogen-bond donors (Lipinski definition) is 3. The summed E-state index contributed by atoms with van der Waals surface area (Å²) in [5.74, 6) is -0.458. The molecule has 0 bridgehead atoms. The first-order valence-electron chi connectivity index (χ1n) is 15.5. The van der Waals surface area contributed by atoms with Gasteiger partial charge in [-0.25, -0.2) is 14.5 Å². The van der Waals surface area contributed by atoms with Crippen LogP contribution >= 0.6 is 0 Å². The molecule has 2 amide bonds. The van der Waals surface area contributed by atoms with Crippen LogP contribution in [0.3, 0.4) is 0 Å². The van der Waals surface area contributed by atoms with Crippen LogP contribution in [0, 0.1) is 12.8 Å². The second kappa shape index (κ2) is 14.0. The Hall–Kier alpha value is -4.71. The van der Waals surface area contributed by atoms with Crippen molar-refractivity contribution in [1.82, 2.24) is 20.1 Å². The SMILES string of the molecule is Cc1ccc(-n2nc(C(C)(C)C)cc2NC(=O)Nc2cccc(C(C(=O)c3ccc(OCC(F)(F)F)nc3)C3CCNCC3)c2)cc1. The maximum absolute atomic E-state index is 13.9. The van der Waals surface area contributed by atoms with Crippen LogP contribution in [0.1, 0.15) is 66.7 Å².